The van der Waals surface area contributed by atoms with Crippen molar-refractivity contribution < 1.29 is 13.5 Å². The van der Waals surface area contributed by atoms with Gasteiger partial charge in [-0.3, -0.25) is 0 Å². The molecule has 4 heteroatoms. The molecule has 1 aliphatic rings. The van der Waals surface area contributed by atoms with Gasteiger partial charge < -0.3 is 9.64 Å². The maximum Gasteiger partial charge on any atom is 0.126 e. The quantitative estimate of drug-likeness (QED) is 0.787. The van der Waals surface area contributed by atoms with Crippen molar-refractivity contribution in [1.82, 2.24) is 4.90 Å². The predicted octanol–water partition coefficient (Wildman–Crippen LogP) is 4.19. The Morgan fingerprint density at radius 3 is 2.38 bits per heavy atom. The molecule has 1 saturated heterocycles. The number of nitrogens with zero attached hydrogens (tertiary/aromatic N) is 1. The average Bonchev–Trinajstić information content (AvgIpc) is 2.61. The number of hydrogen-bond acceptors (Lipinski definition) is 2. The largest absolute Gasteiger partial charge is 0.373 e. The van der Waals surface area contributed by atoms with Crippen molar-refractivity contribution >= 4 is 0 Å². The fourth-order valence-corrected chi connectivity index (χ4v) is 3.07. The van der Waals surface area contributed by atoms with E-state index in [4.69, 9.17) is 4.74 Å². The third-order valence-corrected chi connectivity index (χ3v) is 4.59. The molecule has 2 aromatic rings. The highest BCUT2D eigenvalue weighted by Crippen LogP contribution is 2.17. The predicted molar refractivity (Wildman–Crippen MR) is 90.8 cm³/mol. The highest BCUT2D eigenvalue weighted by atomic mass is 19.1. The van der Waals surface area contributed by atoms with E-state index in [1.54, 1.807) is 18.2 Å². The van der Waals surface area contributed by atoms with E-state index in [1.807, 2.05) is 12.1 Å². The van der Waals surface area contributed by atoms with Crippen molar-refractivity contribution in [3.8, 4) is 0 Å². The molecule has 128 valence electrons. The van der Waals surface area contributed by atoms with Crippen LogP contribution in [0.4, 0.5) is 8.78 Å². The molecule has 0 spiro atoms. The number of benzene rings is 2. The van der Waals surface area contributed by atoms with Gasteiger partial charge in [-0.25, -0.2) is 8.78 Å². The summed E-state index contributed by atoms with van der Waals surface area (Å²) in [4.78, 5) is 2.37. The minimum atomic E-state index is -0.220. The SMILES string of the molecule is Fc1ccc(COC2CCN(CCc3ccccc3F)CC2)cc1. The summed E-state index contributed by atoms with van der Waals surface area (Å²) in [6.45, 7) is 3.36. The first-order valence-electron chi connectivity index (χ1n) is 8.52. The summed E-state index contributed by atoms with van der Waals surface area (Å²) in [5, 5.41) is 0. The number of hydrogen-bond donors (Lipinski definition) is 0. The molecule has 1 aliphatic heterocycles. The summed E-state index contributed by atoms with van der Waals surface area (Å²) in [6, 6.07) is 13.4. The second kappa shape index (κ2) is 8.36. The molecule has 24 heavy (non-hydrogen) atoms. The second-order valence-corrected chi connectivity index (χ2v) is 6.32. The number of rotatable bonds is 6. The third kappa shape index (κ3) is 4.86. The van der Waals surface area contributed by atoms with Gasteiger partial charge >= 0.3 is 0 Å². The monoisotopic (exact) mass is 331 g/mol. The molecule has 0 radical (unpaired) electrons. The van der Waals surface area contributed by atoms with Crippen LogP contribution in [0.3, 0.4) is 0 Å². The number of piperidine rings is 1. The average molecular weight is 331 g/mol. The van der Waals surface area contributed by atoms with Crippen molar-refractivity contribution in [2.24, 2.45) is 0 Å². The highest BCUT2D eigenvalue weighted by Gasteiger charge is 2.19. The molecule has 0 N–H and O–H groups in total. The van der Waals surface area contributed by atoms with Gasteiger partial charge in [-0.1, -0.05) is 30.3 Å². The van der Waals surface area contributed by atoms with Gasteiger partial charge in [0.1, 0.15) is 11.6 Å². The smallest absolute Gasteiger partial charge is 0.126 e. The van der Waals surface area contributed by atoms with Crippen molar-refractivity contribution in [3.63, 3.8) is 0 Å². The maximum absolute atomic E-state index is 13.6. The lowest BCUT2D eigenvalue weighted by atomic mass is 10.1. The second-order valence-electron chi connectivity index (χ2n) is 6.32. The Morgan fingerprint density at radius 2 is 1.67 bits per heavy atom. The standard InChI is InChI=1S/C20H23F2NO/c21-18-7-5-16(6-8-18)15-24-19-10-13-23(14-11-19)12-9-17-3-1-2-4-20(17)22/h1-8,19H,9-15H2. The molecule has 0 atom stereocenters. The minimum absolute atomic E-state index is 0.116. The van der Waals surface area contributed by atoms with E-state index < -0.39 is 0 Å². The van der Waals surface area contributed by atoms with E-state index in [9.17, 15) is 8.78 Å². The molecule has 0 unspecified atom stereocenters. The van der Waals surface area contributed by atoms with Crippen LogP contribution < -0.4 is 0 Å². The van der Waals surface area contributed by atoms with Crippen molar-refractivity contribution in [3.05, 3.63) is 71.3 Å². The number of halogens is 2. The van der Waals surface area contributed by atoms with E-state index in [0.29, 0.717) is 6.61 Å². The molecule has 1 heterocycles. The summed E-state index contributed by atoms with van der Waals surface area (Å²) in [5.74, 6) is -0.336. The van der Waals surface area contributed by atoms with Gasteiger partial charge in [-0.15, -0.1) is 0 Å². The van der Waals surface area contributed by atoms with Crippen LogP contribution in [0.5, 0.6) is 0 Å². The molecule has 2 nitrogen and oxygen atoms in total. The summed E-state index contributed by atoms with van der Waals surface area (Å²) in [7, 11) is 0. The zero-order valence-electron chi connectivity index (χ0n) is 13.8. The Balaban J connectivity index is 1.38. The molecule has 0 amide bonds. The third-order valence-electron chi connectivity index (χ3n) is 4.59. The van der Waals surface area contributed by atoms with E-state index in [1.165, 1.54) is 18.2 Å². The van der Waals surface area contributed by atoms with E-state index in [-0.39, 0.29) is 17.7 Å². The molecule has 0 aromatic heterocycles. The number of ether oxygens (including phenoxy) is 1. The molecule has 1 fully saturated rings. The van der Waals surface area contributed by atoms with Crippen LogP contribution in [0.1, 0.15) is 24.0 Å². The van der Waals surface area contributed by atoms with Gasteiger partial charge in [-0.2, -0.15) is 0 Å². The van der Waals surface area contributed by atoms with Gasteiger partial charge in [-0.05, 0) is 48.6 Å². The first-order valence-corrected chi connectivity index (χ1v) is 8.52. The summed E-state index contributed by atoms with van der Waals surface area (Å²) in [5.41, 5.74) is 1.78. The first kappa shape index (κ1) is 17.1. The van der Waals surface area contributed by atoms with Crippen LogP contribution in [0, 0.1) is 11.6 Å². The van der Waals surface area contributed by atoms with Crippen LogP contribution in [-0.2, 0) is 17.8 Å². The Labute approximate surface area is 142 Å². The molecule has 0 saturated carbocycles. The van der Waals surface area contributed by atoms with E-state index in [2.05, 4.69) is 4.90 Å². The molecule has 0 bridgehead atoms. The molecule has 2 aromatic carbocycles. The lowest BCUT2D eigenvalue weighted by Gasteiger charge is -2.32. The van der Waals surface area contributed by atoms with Gasteiger partial charge in [0.05, 0.1) is 12.7 Å². The van der Waals surface area contributed by atoms with E-state index >= 15 is 0 Å². The molecular formula is C20H23F2NO. The first-order chi connectivity index (χ1) is 11.7. The summed E-state index contributed by atoms with van der Waals surface area (Å²) in [6.07, 6.45) is 2.96. The van der Waals surface area contributed by atoms with Crippen molar-refractivity contribution in [2.45, 2.75) is 32.0 Å². The Kier molecular flexibility index (Phi) is 5.94. The Bertz CT molecular complexity index is 636. The fourth-order valence-electron chi connectivity index (χ4n) is 3.07. The molecular weight excluding hydrogens is 308 g/mol. The summed E-state index contributed by atoms with van der Waals surface area (Å²) < 4.78 is 32.4. The van der Waals surface area contributed by atoms with Crippen LogP contribution in [0.25, 0.3) is 0 Å². The highest BCUT2D eigenvalue weighted by molar-refractivity contribution is 5.17. The lowest BCUT2D eigenvalue weighted by molar-refractivity contribution is -0.00223. The molecule has 0 aliphatic carbocycles. The maximum atomic E-state index is 13.6. The van der Waals surface area contributed by atoms with Crippen LogP contribution in [0.15, 0.2) is 48.5 Å². The fraction of sp³-hybridized carbons (Fsp3) is 0.400. The van der Waals surface area contributed by atoms with Crippen LogP contribution in [-0.4, -0.2) is 30.6 Å². The lowest BCUT2D eigenvalue weighted by Crippen LogP contribution is -2.38. The number of likely N-dealkylation sites (tertiary alicyclic amines) is 1. The topological polar surface area (TPSA) is 12.5 Å². The van der Waals surface area contributed by atoms with Crippen LogP contribution in [0.2, 0.25) is 0 Å². The van der Waals surface area contributed by atoms with Crippen LogP contribution >= 0.6 is 0 Å². The van der Waals surface area contributed by atoms with Gasteiger partial charge in [0.25, 0.3) is 0 Å². The summed E-state index contributed by atoms with van der Waals surface area (Å²) >= 11 is 0. The Morgan fingerprint density at radius 1 is 0.958 bits per heavy atom. The normalized spacial score (nSPS) is 16.4. The minimum Gasteiger partial charge on any atom is -0.373 e. The van der Waals surface area contributed by atoms with Gasteiger partial charge in [0, 0.05) is 19.6 Å². The Hall–Kier alpha value is -1.78. The zero-order valence-corrected chi connectivity index (χ0v) is 13.8. The van der Waals surface area contributed by atoms with Crippen molar-refractivity contribution in [2.75, 3.05) is 19.6 Å². The van der Waals surface area contributed by atoms with Crippen molar-refractivity contribution in [1.29, 1.82) is 0 Å². The van der Waals surface area contributed by atoms with Gasteiger partial charge in [0.2, 0.25) is 0 Å². The zero-order chi connectivity index (χ0) is 16.8. The molecule has 3 rings (SSSR count). The van der Waals surface area contributed by atoms with Gasteiger partial charge in [0.15, 0.2) is 0 Å². The van der Waals surface area contributed by atoms with E-state index in [0.717, 1.165) is 50.0 Å².